The molecule has 3 N–H and O–H groups in total. The smallest absolute Gasteiger partial charge is 0.188 e. The summed E-state index contributed by atoms with van der Waals surface area (Å²) in [5, 5.41) is 5.24. The minimum absolute atomic E-state index is 0.489. The van der Waals surface area contributed by atoms with E-state index in [1.54, 1.807) is 11.3 Å². The van der Waals surface area contributed by atoms with Gasteiger partial charge in [-0.15, -0.1) is 11.3 Å². The third-order valence-corrected chi connectivity index (χ3v) is 4.19. The van der Waals surface area contributed by atoms with Crippen LogP contribution in [0.1, 0.15) is 22.9 Å². The average molecular weight is 317 g/mol. The van der Waals surface area contributed by atoms with Crippen molar-refractivity contribution in [3.8, 4) is 0 Å². The molecule has 1 heterocycles. The van der Waals surface area contributed by atoms with Gasteiger partial charge in [-0.05, 0) is 35.9 Å². The van der Waals surface area contributed by atoms with E-state index in [1.807, 2.05) is 19.1 Å². The number of ether oxygens (including phenoxy) is 1. The number of nitrogens with one attached hydrogen (secondary N) is 1. The van der Waals surface area contributed by atoms with Gasteiger partial charge in [-0.1, -0.05) is 30.3 Å². The SMILES string of the molecule is CCOCc1ccccc1CN=C(N)NCCc1cccs1. The van der Waals surface area contributed by atoms with Crippen LogP contribution in [0.2, 0.25) is 0 Å². The highest BCUT2D eigenvalue weighted by Gasteiger charge is 2.01. The summed E-state index contributed by atoms with van der Waals surface area (Å²) in [6, 6.07) is 12.4. The number of rotatable bonds is 8. The summed E-state index contributed by atoms with van der Waals surface area (Å²) in [6.45, 7) is 4.70. The molecule has 118 valence electrons. The zero-order valence-electron chi connectivity index (χ0n) is 12.9. The number of nitrogens with two attached hydrogens (primary N) is 1. The Morgan fingerprint density at radius 3 is 2.77 bits per heavy atom. The van der Waals surface area contributed by atoms with Gasteiger partial charge in [0, 0.05) is 18.0 Å². The lowest BCUT2D eigenvalue weighted by molar-refractivity contribution is 0.133. The molecular weight excluding hydrogens is 294 g/mol. The predicted octanol–water partition coefficient (Wildman–Crippen LogP) is 2.93. The van der Waals surface area contributed by atoms with Crippen molar-refractivity contribution in [2.45, 2.75) is 26.5 Å². The van der Waals surface area contributed by atoms with Crippen LogP contribution in [-0.4, -0.2) is 19.1 Å². The molecule has 0 saturated heterocycles. The number of hydrogen-bond donors (Lipinski definition) is 2. The van der Waals surface area contributed by atoms with Gasteiger partial charge in [0.25, 0.3) is 0 Å². The molecule has 0 atom stereocenters. The summed E-state index contributed by atoms with van der Waals surface area (Å²) in [6.07, 6.45) is 0.967. The van der Waals surface area contributed by atoms with E-state index in [-0.39, 0.29) is 0 Å². The third kappa shape index (κ3) is 5.50. The number of guanidine groups is 1. The standard InChI is InChI=1S/C17H23N3OS/c1-2-21-13-15-7-4-3-6-14(15)12-20-17(18)19-10-9-16-8-5-11-22-16/h3-8,11H,2,9-10,12-13H2,1H3,(H3,18,19,20). The Labute approximate surface area is 136 Å². The Morgan fingerprint density at radius 2 is 2.05 bits per heavy atom. The minimum atomic E-state index is 0.489. The molecule has 0 aliphatic carbocycles. The fraction of sp³-hybridized carbons (Fsp3) is 0.353. The number of hydrogen-bond acceptors (Lipinski definition) is 3. The van der Waals surface area contributed by atoms with Crippen molar-refractivity contribution in [3.05, 3.63) is 57.8 Å². The Morgan fingerprint density at radius 1 is 1.23 bits per heavy atom. The van der Waals surface area contributed by atoms with Gasteiger partial charge in [0.05, 0.1) is 13.2 Å². The Bertz CT molecular complexity index is 581. The first-order valence-electron chi connectivity index (χ1n) is 7.50. The zero-order chi connectivity index (χ0) is 15.6. The highest BCUT2D eigenvalue weighted by molar-refractivity contribution is 7.09. The maximum absolute atomic E-state index is 5.92. The molecule has 1 aromatic heterocycles. The minimum Gasteiger partial charge on any atom is -0.377 e. The lowest BCUT2D eigenvalue weighted by Gasteiger charge is -2.08. The molecule has 0 fully saturated rings. The molecule has 0 spiro atoms. The van der Waals surface area contributed by atoms with Crippen LogP contribution in [0.15, 0.2) is 46.8 Å². The molecule has 2 aromatic rings. The molecule has 0 bridgehead atoms. The van der Waals surface area contributed by atoms with E-state index in [9.17, 15) is 0 Å². The Balaban J connectivity index is 1.82. The van der Waals surface area contributed by atoms with Crippen LogP contribution in [0.3, 0.4) is 0 Å². The molecule has 0 amide bonds. The van der Waals surface area contributed by atoms with Crippen LogP contribution in [0.25, 0.3) is 0 Å². The second-order valence-electron chi connectivity index (χ2n) is 4.86. The van der Waals surface area contributed by atoms with Crippen molar-refractivity contribution in [2.75, 3.05) is 13.2 Å². The first kappa shape index (κ1) is 16.5. The molecule has 0 radical (unpaired) electrons. The van der Waals surface area contributed by atoms with Gasteiger partial charge in [-0.2, -0.15) is 0 Å². The molecule has 0 unspecified atom stereocenters. The van der Waals surface area contributed by atoms with Gasteiger partial charge >= 0.3 is 0 Å². The van der Waals surface area contributed by atoms with Crippen LogP contribution in [0.5, 0.6) is 0 Å². The highest BCUT2D eigenvalue weighted by atomic mass is 32.1. The molecule has 0 aliphatic heterocycles. The average Bonchev–Trinajstić information content (AvgIpc) is 3.05. The van der Waals surface area contributed by atoms with E-state index in [2.05, 4.69) is 40.0 Å². The topological polar surface area (TPSA) is 59.6 Å². The van der Waals surface area contributed by atoms with Gasteiger partial charge in [0.15, 0.2) is 5.96 Å². The number of thiophene rings is 1. The van der Waals surface area contributed by atoms with Crippen LogP contribution < -0.4 is 11.1 Å². The van der Waals surface area contributed by atoms with Crippen molar-refractivity contribution in [3.63, 3.8) is 0 Å². The van der Waals surface area contributed by atoms with Gasteiger partial charge in [0.2, 0.25) is 0 Å². The summed E-state index contributed by atoms with van der Waals surface area (Å²) in [5.41, 5.74) is 8.24. The maximum Gasteiger partial charge on any atom is 0.188 e. The van der Waals surface area contributed by atoms with Gasteiger partial charge in [0.1, 0.15) is 0 Å². The van der Waals surface area contributed by atoms with Crippen LogP contribution in [-0.2, 0) is 24.3 Å². The lowest BCUT2D eigenvalue weighted by atomic mass is 10.1. The van der Waals surface area contributed by atoms with Crippen LogP contribution >= 0.6 is 11.3 Å². The normalized spacial score (nSPS) is 11.6. The molecular formula is C17H23N3OS. The van der Waals surface area contributed by atoms with Gasteiger partial charge < -0.3 is 15.8 Å². The third-order valence-electron chi connectivity index (χ3n) is 3.26. The van der Waals surface area contributed by atoms with Crippen molar-refractivity contribution in [1.82, 2.24) is 5.32 Å². The van der Waals surface area contributed by atoms with Crippen molar-refractivity contribution in [1.29, 1.82) is 0 Å². The molecule has 0 aliphatic rings. The summed E-state index contributed by atoms with van der Waals surface area (Å²) in [7, 11) is 0. The molecule has 5 heteroatoms. The molecule has 0 saturated carbocycles. The lowest BCUT2D eigenvalue weighted by Crippen LogP contribution is -2.33. The predicted molar refractivity (Wildman–Crippen MR) is 93.1 cm³/mol. The maximum atomic E-state index is 5.92. The van der Waals surface area contributed by atoms with E-state index in [1.165, 1.54) is 10.4 Å². The van der Waals surface area contributed by atoms with E-state index in [4.69, 9.17) is 10.5 Å². The highest BCUT2D eigenvalue weighted by Crippen LogP contribution is 2.11. The Hall–Kier alpha value is -1.85. The van der Waals surface area contributed by atoms with E-state index < -0.39 is 0 Å². The van der Waals surface area contributed by atoms with E-state index >= 15 is 0 Å². The van der Waals surface area contributed by atoms with Gasteiger partial charge in [-0.25, -0.2) is 4.99 Å². The molecule has 4 nitrogen and oxygen atoms in total. The quantitative estimate of drug-likeness (QED) is 0.581. The summed E-state index contributed by atoms with van der Waals surface area (Å²) >= 11 is 1.76. The first-order chi connectivity index (χ1) is 10.8. The van der Waals surface area contributed by atoms with Crippen LogP contribution in [0.4, 0.5) is 0 Å². The Kier molecular flexibility index (Phi) is 6.93. The number of aliphatic imine (C=N–C) groups is 1. The fourth-order valence-electron chi connectivity index (χ4n) is 2.06. The number of nitrogens with zero attached hydrogens (tertiary/aromatic N) is 1. The van der Waals surface area contributed by atoms with Crippen LogP contribution in [0, 0.1) is 0 Å². The second kappa shape index (κ2) is 9.23. The summed E-state index contributed by atoms with van der Waals surface area (Å²) in [5.74, 6) is 0.489. The molecule has 2 rings (SSSR count). The second-order valence-corrected chi connectivity index (χ2v) is 5.90. The number of benzene rings is 1. The summed E-state index contributed by atoms with van der Waals surface area (Å²) in [4.78, 5) is 5.76. The monoisotopic (exact) mass is 317 g/mol. The van der Waals surface area contributed by atoms with E-state index in [0.29, 0.717) is 25.7 Å². The molecule has 1 aromatic carbocycles. The zero-order valence-corrected chi connectivity index (χ0v) is 13.7. The largest absolute Gasteiger partial charge is 0.377 e. The van der Waals surface area contributed by atoms with Gasteiger partial charge in [-0.3, -0.25) is 0 Å². The van der Waals surface area contributed by atoms with Crippen molar-refractivity contribution >= 4 is 17.3 Å². The first-order valence-corrected chi connectivity index (χ1v) is 8.38. The molecule has 22 heavy (non-hydrogen) atoms. The fourth-order valence-corrected chi connectivity index (χ4v) is 2.77. The van der Waals surface area contributed by atoms with Crippen molar-refractivity contribution < 1.29 is 4.74 Å². The van der Waals surface area contributed by atoms with Crippen molar-refractivity contribution in [2.24, 2.45) is 10.7 Å². The van der Waals surface area contributed by atoms with E-state index in [0.717, 1.165) is 18.5 Å². The summed E-state index contributed by atoms with van der Waals surface area (Å²) < 4.78 is 5.48.